The van der Waals surface area contributed by atoms with E-state index in [2.05, 4.69) is 56.4 Å². The Hall–Kier alpha value is -4.87. The van der Waals surface area contributed by atoms with Crippen molar-refractivity contribution in [3.63, 3.8) is 0 Å². The van der Waals surface area contributed by atoms with Crippen LogP contribution in [0.25, 0.3) is 22.5 Å². The summed E-state index contributed by atoms with van der Waals surface area (Å²) in [5, 5.41) is 14.3. The van der Waals surface area contributed by atoms with Gasteiger partial charge in [0.15, 0.2) is 5.82 Å². The summed E-state index contributed by atoms with van der Waals surface area (Å²) in [4.78, 5) is 44.3. The van der Waals surface area contributed by atoms with Crippen LogP contribution >= 0.6 is 0 Å². The number of imidazole rings is 1. The zero-order valence-electron chi connectivity index (χ0n) is 23.9. The number of aryl methyl sites for hydroxylation is 1. The van der Waals surface area contributed by atoms with Gasteiger partial charge in [-0.25, -0.2) is 14.9 Å². The van der Waals surface area contributed by atoms with Crippen LogP contribution in [0, 0.1) is 0 Å². The standard InChI is InChI=1S/C30H33N7O5/c1-4-8-26-31-23-15-24(30(40)41-3)37(27(38)16-28(39)42-5-2)18-25(23)36(26)17-19-11-13-20(14-12-19)21-9-6-7-10-22(21)29-32-34-35-33-29/h6-7,9-14,24H,4-5,8,15-18H2,1-3H3,(H,32,33,34,35). The van der Waals surface area contributed by atoms with Gasteiger partial charge in [0.05, 0.1) is 31.6 Å². The molecule has 2 aromatic carbocycles. The number of amides is 1. The maximum absolute atomic E-state index is 13.2. The first-order chi connectivity index (χ1) is 20.4. The molecule has 218 valence electrons. The molecule has 12 nitrogen and oxygen atoms in total. The van der Waals surface area contributed by atoms with Gasteiger partial charge in [0.1, 0.15) is 18.3 Å². The van der Waals surface area contributed by atoms with Crippen molar-refractivity contribution in [2.75, 3.05) is 13.7 Å². The van der Waals surface area contributed by atoms with Gasteiger partial charge < -0.3 is 18.9 Å². The predicted molar refractivity (Wildman–Crippen MR) is 152 cm³/mol. The molecule has 3 heterocycles. The number of aromatic amines is 1. The van der Waals surface area contributed by atoms with E-state index in [1.54, 1.807) is 6.92 Å². The Morgan fingerprint density at radius 3 is 2.48 bits per heavy atom. The van der Waals surface area contributed by atoms with Crippen LogP contribution < -0.4 is 0 Å². The highest BCUT2D eigenvalue weighted by Gasteiger charge is 2.39. The number of hydrogen-bond donors (Lipinski definition) is 1. The van der Waals surface area contributed by atoms with Crippen molar-refractivity contribution in [3.8, 4) is 22.5 Å². The smallest absolute Gasteiger partial charge is 0.329 e. The molecule has 1 unspecified atom stereocenters. The van der Waals surface area contributed by atoms with Crippen LogP contribution in [0.4, 0.5) is 0 Å². The van der Waals surface area contributed by atoms with Crippen molar-refractivity contribution in [1.29, 1.82) is 0 Å². The Morgan fingerprint density at radius 2 is 1.81 bits per heavy atom. The number of tetrazole rings is 1. The van der Waals surface area contributed by atoms with E-state index < -0.39 is 30.3 Å². The SMILES string of the molecule is CCCc1nc2c(n1Cc1ccc(-c3ccccc3-c3nnn[nH]3)cc1)CN(C(=O)CC(=O)OCC)C(C(=O)OC)C2. The molecule has 0 fully saturated rings. The molecule has 1 atom stereocenters. The highest BCUT2D eigenvalue weighted by atomic mass is 16.5. The van der Waals surface area contributed by atoms with Crippen molar-refractivity contribution in [2.24, 2.45) is 0 Å². The van der Waals surface area contributed by atoms with Crippen LogP contribution in [-0.2, 0) is 49.8 Å². The van der Waals surface area contributed by atoms with Crippen molar-refractivity contribution < 1.29 is 23.9 Å². The van der Waals surface area contributed by atoms with Gasteiger partial charge in [0.2, 0.25) is 5.91 Å². The number of ether oxygens (including phenoxy) is 2. The lowest BCUT2D eigenvalue weighted by molar-refractivity contribution is -0.157. The Kier molecular flexibility index (Phi) is 8.70. The molecule has 1 aliphatic heterocycles. The van der Waals surface area contributed by atoms with Gasteiger partial charge in [-0.3, -0.25) is 9.59 Å². The van der Waals surface area contributed by atoms with Crippen LogP contribution in [0.15, 0.2) is 48.5 Å². The van der Waals surface area contributed by atoms with Crippen molar-refractivity contribution in [1.82, 2.24) is 35.1 Å². The monoisotopic (exact) mass is 571 g/mol. The number of nitrogens with zero attached hydrogens (tertiary/aromatic N) is 6. The Labute approximate surface area is 243 Å². The number of fused-ring (bicyclic) bond motifs is 1. The van der Waals surface area contributed by atoms with Gasteiger partial charge >= 0.3 is 11.9 Å². The molecule has 1 amide bonds. The lowest BCUT2D eigenvalue weighted by Gasteiger charge is -2.34. The first-order valence-corrected chi connectivity index (χ1v) is 14.0. The van der Waals surface area contributed by atoms with E-state index in [0.717, 1.165) is 52.3 Å². The van der Waals surface area contributed by atoms with Gasteiger partial charge in [-0.1, -0.05) is 55.5 Å². The number of methoxy groups -OCH3 is 1. The molecule has 0 radical (unpaired) electrons. The number of aromatic nitrogens is 6. The molecule has 0 spiro atoms. The number of esters is 2. The molecule has 0 aliphatic carbocycles. The van der Waals surface area contributed by atoms with Crippen molar-refractivity contribution in [3.05, 3.63) is 71.3 Å². The maximum Gasteiger partial charge on any atom is 0.329 e. The molecule has 1 N–H and O–H groups in total. The highest BCUT2D eigenvalue weighted by Crippen LogP contribution is 2.31. The predicted octanol–water partition coefficient (Wildman–Crippen LogP) is 3.11. The van der Waals surface area contributed by atoms with Crippen molar-refractivity contribution >= 4 is 17.8 Å². The summed E-state index contributed by atoms with van der Waals surface area (Å²) in [6, 6.07) is 15.3. The minimum atomic E-state index is -0.860. The molecule has 5 rings (SSSR count). The summed E-state index contributed by atoms with van der Waals surface area (Å²) in [7, 11) is 1.29. The third-order valence-electron chi connectivity index (χ3n) is 7.32. The lowest BCUT2D eigenvalue weighted by atomic mass is 9.98. The van der Waals surface area contributed by atoms with E-state index in [9.17, 15) is 14.4 Å². The molecule has 2 aromatic heterocycles. The zero-order valence-corrected chi connectivity index (χ0v) is 23.9. The molecule has 1 aliphatic rings. The fourth-order valence-electron chi connectivity index (χ4n) is 5.33. The number of carbonyl (C=O) groups is 3. The molecule has 42 heavy (non-hydrogen) atoms. The number of nitrogens with one attached hydrogen (secondary N) is 1. The third kappa shape index (κ3) is 5.92. The first-order valence-electron chi connectivity index (χ1n) is 14.0. The molecular formula is C30H33N7O5. The van der Waals surface area contributed by atoms with Crippen LogP contribution in [0.5, 0.6) is 0 Å². The number of H-pyrrole nitrogens is 1. The number of carbonyl (C=O) groups excluding carboxylic acids is 3. The third-order valence-corrected chi connectivity index (χ3v) is 7.32. The van der Waals surface area contributed by atoms with E-state index in [1.807, 2.05) is 24.3 Å². The Balaban J connectivity index is 1.44. The average molecular weight is 572 g/mol. The summed E-state index contributed by atoms with van der Waals surface area (Å²) < 4.78 is 12.1. The van der Waals surface area contributed by atoms with Gasteiger partial charge in [-0.2, -0.15) is 0 Å². The quantitative estimate of drug-likeness (QED) is 0.224. The summed E-state index contributed by atoms with van der Waals surface area (Å²) in [6.45, 7) is 4.61. The minimum absolute atomic E-state index is 0.140. The normalized spacial score (nSPS) is 14.4. The molecule has 0 saturated heterocycles. The topological polar surface area (TPSA) is 145 Å². The summed E-state index contributed by atoms with van der Waals surface area (Å²) in [5.74, 6) is -0.168. The van der Waals surface area contributed by atoms with Crippen LogP contribution in [0.2, 0.25) is 0 Å². The second-order valence-corrected chi connectivity index (χ2v) is 10.00. The number of rotatable bonds is 10. The van der Waals surface area contributed by atoms with Crippen molar-refractivity contribution in [2.45, 2.75) is 58.7 Å². The molecule has 0 saturated carbocycles. The maximum atomic E-state index is 13.2. The largest absolute Gasteiger partial charge is 0.467 e. The highest BCUT2D eigenvalue weighted by molar-refractivity contribution is 5.96. The average Bonchev–Trinajstić information content (AvgIpc) is 3.65. The lowest BCUT2D eigenvalue weighted by Crippen LogP contribution is -2.50. The van der Waals surface area contributed by atoms with Gasteiger partial charge in [0, 0.05) is 24.9 Å². The summed E-state index contributed by atoms with van der Waals surface area (Å²) in [6.07, 6.45) is 1.39. The fraction of sp³-hybridized carbons (Fsp3) is 0.367. The van der Waals surface area contributed by atoms with Gasteiger partial charge in [0.25, 0.3) is 0 Å². The van der Waals surface area contributed by atoms with Gasteiger partial charge in [-0.05, 0) is 40.5 Å². The van der Waals surface area contributed by atoms with E-state index in [-0.39, 0.29) is 19.6 Å². The molecule has 0 bridgehead atoms. The number of benzene rings is 2. The van der Waals surface area contributed by atoms with Gasteiger partial charge in [-0.15, -0.1) is 5.10 Å². The fourth-order valence-corrected chi connectivity index (χ4v) is 5.33. The second-order valence-electron chi connectivity index (χ2n) is 10.00. The molecule has 12 heteroatoms. The van der Waals surface area contributed by atoms with E-state index >= 15 is 0 Å². The summed E-state index contributed by atoms with van der Waals surface area (Å²) in [5.41, 5.74) is 5.58. The second kappa shape index (κ2) is 12.8. The van der Waals surface area contributed by atoms with E-state index in [4.69, 9.17) is 14.5 Å². The summed E-state index contributed by atoms with van der Waals surface area (Å²) >= 11 is 0. The van der Waals surface area contributed by atoms with Crippen LogP contribution in [0.3, 0.4) is 0 Å². The van der Waals surface area contributed by atoms with Crippen LogP contribution in [0.1, 0.15) is 49.5 Å². The first kappa shape index (κ1) is 28.7. The minimum Gasteiger partial charge on any atom is -0.467 e. The zero-order chi connectivity index (χ0) is 29.6. The van der Waals surface area contributed by atoms with E-state index in [1.165, 1.54) is 12.0 Å². The Morgan fingerprint density at radius 1 is 1.05 bits per heavy atom. The van der Waals surface area contributed by atoms with E-state index in [0.29, 0.717) is 12.4 Å². The molecule has 4 aromatic rings. The number of hydrogen-bond acceptors (Lipinski definition) is 9. The Bertz CT molecular complexity index is 1560. The molecular weight excluding hydrogens is 538 g/mol. The van der Waals surface area contributed by atoms with Crippen LogP contribution in [-0.4, -0.2) is 72.7 Å².